The topological polar surface area (TPSA) is 0 Å². The molecule has 1 heteroatoms. The van der Waals surface area contributed by atoms with Gasteiger partial charge in [0.15, 0.2) is 0 Å². The van der Waals surface area contributed by atoms with E-state index in [9.17, 15) is 0 Å². The second kappa shape index (κ2) is 2.28. The molecule has 1 rings (SSSR count). The summed E-state index contributed by atoms with van der Waals surface area (Å²) in [6.45, 7) is 2.10. The summed E-state index contributed by atoms with van der Waals surface area (Å²) in [7, 11) is 1.51. The van der Waals surface area contributed by atoms with Gasteiger partial charge in [0.25, 0.3) is 0 Å². The highest BCUT2D eigenvalue weighted by Gasteiger charge is 1.94. The van der Waals surface area contributed by atoms with Gasteiger partial charge < -0.3 is 0 Å². The molecule has 0 aromatic rings. The van der Waals surface area contributed by atoms with Gasteiger partial charge in [-0.25, -0.2) is 0 Å². The first kappa shape index (κ1) is 5.05. The van der Waals surface area contributed by atoms with Crippen LogP contribution in [0.15, 0.2) is 11.6 Å². The molecule has 0 saturated heterocycles. The Morgan fingerprint density at radius 3 is 3.00 bits per heavy atom. The van der Waals surface area contributed by atoms with Crippen LogP contribution in [0.25, 0.3) is 0 Å². The van der Waals surface area contributed by atoms with Crippen LogP contribution in [0.4, 0.5) is 0 Å². The molecule has 0 fully saturated rings. The monoisotopic (exact) mass is 112 g/mol. The van der Waals surface area contributed by atoms with Gasteiger partial charge in [0.05, 0.1) is 0 Å². The smallest absolute Gasteiger partial charge is 0.00657 e. The zero-order chi connectivity index (χ0) is 5.11. The zero-order valence-corrected chi connectivity index (χ0v) is 5.41. The van der Waals surface area contributed by atoms with Gasteiger partial charge in [-0.1, -0.05) is 6.08 Å². The van der Waals surface area contributed by atoms with E-state index in [4.69, 9.17) is 0 Å². The van der Waals surface area contributed by atoms with E-state index in [1.807, 2.05) is 0 Å². The summed E-state index contributed by atoms with van der Waals surface area (Å²) in [6.07, 6.45) is 4.84. The highest BCUT2D eigenvalue weighted by molar-refractivity contribution is 7.39. The molecule has 38 valence electrons. The Balaban J connectivity index is 2.59. The van der Waals surface area contributed by atoms with Crippen molar-refractivity contribution < 1.29 is 0 Å². The average molecular weight is 112 g/mol. The van der Waals surface area contributed by atoms with Crippen molar-refractivity contribution in [2.75, 3.05) is 6.16 Å². The standard InChI is InChI=1S/C6H9P/c1-2-6-3-4-7-5-6/h2,5H,3-4H2,1H3. The van der Waals surface area contributed by atoms with Gasteiger partial charge in [-0.2, -0.15) is 0 Å². The van der Waals surface area contributed by atoms with Gasteiger partial charge in [-0.3, -0.25) is 0 Å². The molecule has 1 aliphatic rings. The lowest BCUT2D eigenvalue weighted by molar-refractivity contribution is 1.21. The quantitative estimate of drug-likeness (QED) is 0.421. The minimum Gasteiger partial charge on any atom is -0.104 e. The number of hydrogen-bond donors (Lipinski definition) is 0. The van der Waals surface area contributed by atoms with E-state index in [-0.39, 0.29) is 0 Å². The predicted molar refractivity (Wildman–Crippen MR) is 36.2 cm³/mol. The summed E-state index contributed by atoms with van der Waals surface area (Å²) in [5.41, 5.74) is 1.53. The predicted octanol–water partition coefficient (Wildman–Crippen LogP) is 2.08. The highest BCUT2D eigenvalue weighted by Crippen LogP contribution is 2.14. The van der Waals surface area contributed by atoms with Crippen LogP contribution in [0.2, 0.25) is 0 Å². The summed E-state index contributed by atoms with van der Waals surface area (Å²) in [5, 5.41) is 0. The molecule has 0 amide bonds. The molecule has 0 saturated carbocycles. The molecule has 0 radical (unpaired) electrons. The first-order valence-electron chi connectivity index (χ1n) is 2.58. The Bertz CT molecular complexity index is 109. The normalized spacial score (nSPS) is 26.7. The van der Waals surface area contributed by atoms with E-state index < -0.39 is 0 Å². The summed E-state index contributed by atoms with van der Waals surface area (Å²) in [5.74, 6) is 2.29. The number of allylic oxidation sites excluding steroid dienone is 2. The molecule has 0 bridgehead atoms. The molecule has 0 spiro atoms. The maximum atomic E-state index is 2.29. The van der Waals surface area contributed by atoms with E-state index >= 15 is 0 Å². The third-order valence-electron chi connectivity index (χ3n) is 1.16. The van der Waals surface area contributed by atoms with Crippen LogP contribution in [0.1, 0.15) is 13.3 Å². The van der Waals surface area contributed by atoms with Gasteiger partial charge in [-0.05, 0) is 30.9 Å². The Morgan fingerprint density at radius 1 is 1.86 bits per heavy atom. The molecular formula is C6H9P. The molecule has 7 heavy (non-hydrogen) atoms. The SMILES string of the molecule is CC=C1C=PCC1. The molecule has 1 heterocycles. The maximum absolute atomic E-state index is 2.29. The minimum atomic E-state index is 1.30. The van der Waals surface area contributed by atoms with Gasteiger partial charge in [0.2, 0.25) is 0 Å². The van der Waals surface area contributed by atoms with E-state index in [0.29, 0.717) is 0 Å². The van der Waals surface area contributed by atoms with Crippen molar-refractivity contribution in [2.24, 2.45) is 0 Å². The van der Waals surface area contributed by atoms with Crippen molar-refractivity contribution in [2.45, 2.75) is 13.3 Å². The Morgan fingerprint density at radius 2 is 2.71 bits per heavy atom. The Labute approximate surface area is 46.0 Å². The molecule has 0 unspecified atom stereocenters. The van der Waals surface area contributed by atoms with Crippen LogP contribution in [0, 0.1) is 0 Å². The first-order valence-corrected chi connectivity index (χ1v) is 3.73. The molecule has 0 aromatic heterocycles. The van der Waals surface area contributed by atoms with Crippen LogP contribution in [-0.4, -0.2) is 12.0 Å². The lowest BCUT2D eigenvalue weighted by Gasteiger charge is -1.83. The van der Waals surface area contributed by atoms with E-state index in [1.165, 1.54) is 26.4 Å². The van der Waals surface area contributed by atoms with E-state index in [1.54, 1.807) is 0 Å². The molecule has 0 nitrogen and oxygen atoms in total. The van der Waals surface area contributed by atoms with Crippen molar-refractivity contribution in [3.05, 3.63) is 11.6 Å². The molecule has 0 atom stereocenters. The lowest BCUT2D eigenvalue weighted by Crippen LogP contribution is -1.73. The van der Waals surface area contributed by atoms with Crippen LogP contribution in [0.3, 0.4) is 0 Å². The number of rotatable bonds is 0. The molecule has 0 aromatic carbocycles. The Hall–Kier alpha value is -0.0900. The van der Waals surface area contributed by atoms with Crippen molar-refractivity contribution in [3.8, 4) is 0 Å². The van der Waals surface area contributed by atoms with Crippen LogP contribution in [0.5, 0.6) is 0 Å². The van der Waals surface area contributed by atoms with Gasteiger partial charge >= 0.3 is 0 Å². The fraction of sp³-hybridized carbons (Fsp3) is 0.500. The van der Waals surface area contributed by atoms with Gasteiger partial charge in [0.1, 0.15) is 0 Å². The molecule has 0 aliphatic carbocycles. The van der Waals surface area contributed by atoms with Gasteiger partial charge in [-0.15, -0.1) is 8.20 Å². The largest absolute Gasteiger partial charge is 0.104 e. The van der Waals surface area contributed by atoms with E-state index in [2.05, 4.69) is 18.8 Å². The Kier molecular flexibility index (Phi) is 1.64. The maximum Gasteiger partial charge on any atom is -0.00657 e. The van der Waals surface area contributed by atoms with Gasteiger partial charge in [0, 0.05) is 0 Å². The van der Waals surface area contributed by atoms with Crippen LogP contribution < -0.4 is 0 Å². The lowest BCUT2D eigenvalue weighted by atomic mass is 10.2. The first-order chi connectivity index (χ1) is 3.43. The van der Waals surface area contributed by atoms with Crippen molar-refractivity contribution >= 4 is 14.0 Å². The fourth-order valence-corrected chi connectivity index (χ4v) is 1.69. The van der Waals surface area contributed by atoms with Crippen LogP contribution in [-0.2, 0) is 0 Å². The average Bonchev–Trinajstić information content (AvgIpc) is 2.14. The second-order valence-electron chi connectivity index (χ2n) is 1.65. The van der Waals surface area contributed by atoms with Crippen molar-refractivity contribution in [3.63, 3.8) is 0 Å². The second-order valence-corrected chi connectivity index (χ2v) is 2.72. The molecule has 0 N–H and O–H groups in total. The van der Waals surface area contributed by atoms with Crippen molar-refractivity contribution in [1.29, 1.82) is 0 Å². The zero-order valence-electron chi connectivity index (χ0n) is 4.52. The van der Waals surface area contributed by atoms with Crippen molar-refractivity contribution in [1.82, 2.24) is 0 Å². The molecule has 1 aliphatic heterocycles. The highest BCUT2D eigenvalue weighted by atomic mass is 31.1. The van der Waals surface area contributed by atoms with E-state index in [0.717, 1.165) is 0 Å². The summed E-state index contributed by atoms with van der Waals surface area (Å²) >= 11 is 0. The summed E-state index contributed by atoms with van der Waals surface area (Å²) < 4.78 is 0. The fourth-order valence-electron chi connectivity index (χ4n) is 0.659. The third kappa shape index (κ3) is 1.14. The third-order valence-corrected chi connectivity index (χ3v) is 2.15. The van der Waals surface area contributed by atoms with Crippen LogP contribution >= 0.6 is 8.20 Å². The number of hydrogen-bond acceptors (Lipinski definition) is 0. The molecular weight excluding hydrogens is 103 g/mol. The summed E-state index contributed by atoms with van der Waals surface area (Å²) in [6, 6.07) is 0. The minimum absolute atomic E-state index is 1.30. The summed E-state index contributed by atoms with van der Waals surface area (Å²) in [4.78, 5) is 0.